The predicted molar refractivity (Wildman–Crippen MR) is 108 cm³/mol. The van der Waals surface area contributed by atoms with Gasteiger partial charge in [0, 0.05) is 5.02 Å². The SMILES string of the molecule is CCOC(=O)Cn1c(=NC(=O)c2ccccc2Cl)sc2cc(Cl)cc(Cl)c21. The Kier molecular flexibility index (Phi) is 6.22. The maximum Gasteiger partial charge on any atom is 0.326 e. The minimum absolute atomic E-state index is 0.135. The molecule has 0 aliphatic rings. The fourth-order valence-electron chi connectivity index (χ4n) is 2.48. The van der Waals surface area contributed by atoms with Crippen LogP contribution >= 0.6 is 46.1 Å². The Morgan fingerprint density at radius 2 is 1.89 bits per heavy atom. The number of carbonyl (C=O) groups excluding carboxylic acids is 2. The fraction of sp³-hybridized carbons (Fsp3) is 0.167. The van der Waals surface area contributed by atoms with Crippen molar-refractivity contribution in [2.24, 2.45) is 4.99 Å². The lowest BCUT2D eigenvalue weighted by Crippen LogP contribution is -2.23. The normalized spacial score (nSPS) is 11.8. The van der Waals surface area contributed by atoms with Gasteiger partial charge in [-0.1, -0.05) is 58.3 Å². The lowest BCUT2D eigenvalue weighted by Gasteiger charge is -2.06. The highest BCUT2D eigenvalue weighted by atomic mass is 35.5. The molecule has 0 aliphatic heterocycles. The molecule has 0 radical (unpaired) electrons. The Morgan fingerprint density at radius 3 is 2.59 bits per heavy atom. The van der Waals surface area contributed by atoms with E-state index in [0.29, 0.717) is 30.1 Å². The zero-order valence-electron chi connectivity index (χ0n) is 14.0. The molecule has 3 rings (SSSR count). The maximum absolute atomic E-state index is 12.6. The number of ether oxygens (including phenoxy) is 1. The quantitative estimate of drug-likeness (QED) is 0.535. The summed E-state index contributed by atoms with van der Waals surface area (Å²) in [7, 11) is 0. The zero-order chi connectivity index (χ0) is 19.6. The summed E-state index contributed by atoms with van der Waals surface area (Å²) in [5, 5.41) is 1.09. The molecule has 1 heterocycles. The summed E-state index contributed by atoms with van der Waals surface area (Å²) in [5.41, 5.74) is 0.827. The molecule has 3 aromatic rings. The first-order valence-electron chi connectivity index (χ1n) is 7.88. The van der Waals surface area contributed by atoms with Crippen LogP contribution < -0.4 is 4.80 Å². The van der Waals surface area contributed by atoms with Gasteiger partial charge >= 0.3 is 5.97 Å². The number of carbonyl (C=O) groups is 2. The highest BCUT2D eigenvalue weighted by Crippen LogP contribution is 2.30. The molecule has 1 aromatic heterocycles. The molecule has 2 aromatic carbocycles. The van der Waals surface area contributed by atoms with Gasteiger partial charge in [0.15, 0.2) is 4.80 Å². The first-order valence-corrected chi connectivity index (χ1v) is 9.83. The van der Waals surface area contributed by atoms with Crippen LogP contribution in [0.4, 0.5) is 0 Å². The average Bonchev–Trinajstić information content (AvgIpc) is 2.92. The van der Waals surface area contributed by atoms with Crippen LogP contribution in [0.25, 0.3) is 10.2 Å². The van der Waals surface area contributed by atoms with E-state index >= 15 is 0 Å². The van der Waals surface area contributed by atoms with E-state index in [9.17, 15) is 9.59 Å². The van der Waals surface area contributed by atoms with Crippen molar-refractivity contribution in [1.82, 2.24) is 4.57 Å². The number of hydrogen-bond acceptors (Lipinski definition) is 4. The van der Waals surface area contributed by atoms with Crippen LogP contribution in [0.15, 0.2) is 41.4 Å². The van der Waals surface area contributed by atoms with Crippen molar-refractivity contribution < 1.29 is 14.3 Å². The third kappa shape index (κ3) is 4.35. The summed E-state index contributed by atoms with van der Waals surface area (Å²) in [6.45, 7) is 1.82. The van der Waals surface area contributed by atoms with Crippen molar-refractivity contribution in [2.45, 2.75) is 13.5 Å². The predicted octanol–water partition coefficient (Wildman–Crippen LogP) is 4.97. The Morgan fingerprint density at radius 1 is 1.15 bits per heavy atom. The van der Waals surface area contributed by atoms with Gasteiger partial charge in [-0.3, -0.25) is 9.59 Å². The average molecular weight is 444 g/mol. The van der Waals surface area contributed by atoms with Gasteiger partial charge in [-0.15, -0.1) is 0 Å². The molecular weight excluding hydrogens is 431 g/mol. The second-order valence-corrected chi connectivity index (χ2v) is 7.67. The number of amides is 1. The van der Waals surface area contributed by atoms with Crippen molar-refractivity contribution in [2.75, 3.05) is 6.61 Å². The van der Waals surface area contributed by atoms with Crippen LogP contribution in [-0.2, 0) is 16.1 Å². The first-order chi connectivity index (χ1) is 12.9. The highest BCUT2D eigenvalue weighted by molar-refractivity contribution is 7.16. The third-order valence-corrected chi connectivity index (χ3v) is 5.45. The van der Waals surface area contributed by atoms with Gasteiger partial charge in [-0.25, -0.2) is 0 Å². The zero-order valence-corrected chi connectivity index (χ0v) is 17.1. The van der Waals surface area contributed by atoms with E-state index in [2.05, 4.69) is 4.99 Å². The van der Waals surface area contributed by atoms with Gasteiger partial charge in [0.25, 0.3) is 5.91 Å². The Hall–Kier alpha value is -1.86. The molecule has 0 N–H and O–H groups in total. The second kappa shape index (κ2) is 8.44. The second-order valence-electron chi connectivity index (χ2n) is 5.41. The Balaban J connectivity index is 2.19. The molecule has 140 valence electrons. The third-order valence-electron chi connectivity index (χ3n) is 3.59. The Bertz CT molecular complexity index is 1100. The lowest BCUT2D eigenvalue weighted by atomic mass is 10.2. The number of halogens is 3. The van der Waals surface area contributed by atoms with E-state index in [4.69, 9.17) is 39.5 Å². The molecule has 0 atom stereocenters. The smallest absolute Gasteiger partial charge is 0.326 e. The molecule has 0 fully saturated rings. The van der Waals surface area contributed by atoms with Gasteiger partial charge in [0.2, 0.25) is 0 Å². The highest BCUT2D eigenvalue weighted by Gasteiger charge is 2.16. The lowest BCUT2D eigenvalue weighted by molar-refractivity contribution is -0.143. The minimum atomic E-state index is -0.521. The molecule has 1 amide bonds. The summed E-state index contributed by atoms with van der Waals surface area (Å²) >= 11 is 19.7. The molecule has 9 heteroatoms. The molecular formula is C18H13Cl3N2O3S. The van der Waals surface area contributed by atoms with Crippen molar-refractivity contribution in [3.8, 4) is 0 Å². The van der Waals surface area contributed by atoms with Crippen molar-refractivity contribution in [3.05, 3.63) is 61.8 Å². The van der Waals surface area contributed by atoms with Crippen LogP contribution in [0.3, 0.4) is 0 Å². The summed E-state index contributed by atoms with van der Waals surface area (Å²) in [6.07, 6.45) is 0. The van der Waals surface area contributed by atoms with Crippen molar-refractivity contribution >= 4 is 68.2 Å². The number of esters is 1. The number of aromatic nitrogens is 1. The monoisotopic (exact) mass is 442 g/mol. The van der Waals surface area contributed by atoms with Crippen LogP contribution in [0.5, 0.6) is 0 Å². The minimum Gasteiger partial charge on any atom is -0.465 e. The summed E-state index contributed by atoms with van der Waals surface area (Å²) < 4.78 is 7.26. The van der Waals surface area contributed by atoms with E-state index in [1.54, 1.807) is 47.9 Å². The number of thiazole rings is 1. The molecule has 0 saturated carbocycles. The van der Waals surface area contributed by atoms with Gasteiger partial charge in [0.05, 0.1) is 32.4 Å². The van der Waals surface area contributed by atoms with E-state index in [-0.39, 0.29) is 18.7 Å². The van der Waals surface area contributed by atoms with E-state index in [0.717, 1.165) is 0 Å². The Labute approximate surface area is 173 Å². The number of hydrogen-bond donors (Lipinski definition) is 0. The van der Waals surface area contributed by atoms with Crippen LogP contribution in [0.1, 0.15) is 17.3 Å². The maximum atomic E-state index is 12.6. The van der Waals surface area contributed by atoms with E-state index in [1.807, 2.05) is 0 Å². The van der Waals surface area contributed by atoms with Gasteiger partial charge in [0.1, 0.15) is 6.54 Å². The number of rotatable bonds is 4. The molecule has 0 saturated heterocycles. The standard InChI is InChI=1S/C18H13Cl3N2O3S/c1-2-26-15(24)9-23-16-13(21)7-10(19)8-14(16)27-18(23)22-17(25)11-5-3-4-6-12(11)20/h3-8H,2,9H2,1H3. The molecule has 0 unspecified atom stereocenters. The number of nitrogens with zero attached hydrogens (tertiary/aromatic N) is 2. The molecule has 0 bridgehead atoms. The summed E-state index contributed by atoms with van der Waals surface area (Å²) in [5.74, 6) is -0.984. The largest absolute Gasteiger partial charge is 0.465 e. The van der Waals surface area contributed by atoms with Crippen molar-refractivity contribution in [1.29, 1.82) is 0 Å². The topological polar surface area (TPSA) is 60.7 Å². The summed E-state index contributed by atoms with van der Waals surface area (Å²) in [4.78, 5) is 29.1. The molecule has 27 heavy (non-hydrogen) atoms. The van der Waals surface area contributed by atoms with Gasteiger partial charge < -0.3 is 9.30 Å². The van der Waals surface area contributed by atoms with Gasteiger partial charge in [-0.2, -0.15) is 4.99 Å². The first kappa shape index (κ1) is 19.9. The van der Waals surface area contributed by atoms with Crippen molar-refractivity contribution in [3.63, 3.8) is 0 Å². The molecule has 0 spiro atoms. The molecule has 0 aliphatic carbocycles. The van der Waals surface area contributed by atoms with Crippen LogP contribution in [0, 0.1) is 0 Å². The van der Waals surface area contributed by atoms with E-state index < -0.39 is 11.9 Å². The van der Waals surface area contributed by atoms with Gasteiger partial charge in [-0.05, 0) is 31.2 Å². The fourth-order valence-corrected chi connectivity index (χ4v) is 4.51. The summed E-state index contributed by atoms with van der Waals surface area (Å²) in [6, 6.07) is 9.89. The number of benzene rings is 2. The molecule has 5 nitrogen and oxygen atoms in total. The van der Waals surface area contributed by atoms with E-state index in [1.165, 1.54) is 11.3 Å². The van der Waals surface area contributed by atoms with Crippen LogP contribution in [0.2, 0.25) is 15.1 Å². The number of fused-ring (bicyclic) bond motifs is 1. The van der Waals surface area contributed by atoms with Crippen LogP contribution in [-0.4, -0.2) is 23.1 Å².